The van der Waals surface area contributed by atoms with Crippen molar-refractivity contribution in [2.24, 2.45) is 0 Å². The van der Waals surface area contributed by atoms with Crippen molar-refractivity contribution in [2.45, 2.75) is 78.2 Å². The molecule has 104 valence electrons. The quantitative estimate of drug-likeness (QED) is 0.317. The van der Waals surface area contributed by atoms with Crippen molar-refractivity contribution >= 4 is 5.97 Å². The maximum atomic E-state index is 10.9. The van der Waals surface area contributed by atoms with E-state index in [1.54, 1.807) is 0 Å². The molecule has 0 radical (unpaired) electrons. The minimum atomic E-state index is -0.241. The minimum absolute atomic E-state index is 0.180. The monoisotopic (exact) mass is 252 g/mol. The summed E-state index contributed by atoms with van der Waals surface area (Å²) in [6, 6.07) is 0. The van der Waals surface area contributed by atoms with E-state index < -0.39 is 0 Å². The van der Waals surface area contributed by atoms with Crippen LogP contribution in [0, 0.1) is 0 Å². The van der Waals surface area contributed by atoms with Gasteiger partial charge in [-0.15, -0.1) is 5.73 Å². The number of rotatable bonds is 10. The van der Waals surface area contributed by atoms with Crippen LogP contribution < -0.4 is 0 Å². The molecule has 0 aliphatic heterocycles. The van der Waals surface area contributed by atoms with Gasteiger partial charge in [-0.1, -0.05) is 52.0 Å². The summed E-state index contributed by atoms with van der Waals surface area (Å²) in [7, 11) is 0. The molecule has 0 aromatic heterocycles. The molecule has 2 nitrogen and oxygen atoms in total. The molecule has 0 bridgehead atoms. The lowest BCUT2D eigenvalue weighted by atomic mass is 10.0. The first-order chi connectivity index (χ1) is 8.61. The van der Waals surface area contributed by atoms with Crippen LogP contribution in [0.4, 0.5) is 0 Å². The van der Waals surface area contributed by atoms with E-state index in [9.17, 15) is 4.79 Å². The molecule has 0 heterocycles. The maximum Gasteiger partial charge on any atom is 0.303 e. The van der Waals surface area contributed by atoms with E-state index in [-0.39, 0.29) is 12.1 Å². The van der Waals surface area contributed by atoms with Crippen molar-refractivity contribution in [3.63, 3.8) is 0 Å². The van der Waals surface area contributed by atoms with E-state index in [1.165, 1.54) is 45.4 Å². The number of carbonyl (C=O) groups is 1. The third-order valence-electron chi connectivity index (χ3n) is 3.11. The number of esters is 1. The third-order valence-corrected chi connectivity index (χ3v) is 3.11. The zero-order valence-electron chi connectivity index (χ0n) is 12.3. The summed E-state index contributed by atoms with van der Waals surface area (Å²) in [5, 5.41) is 0. The SMILES string of the molecule is C=C=C(CCCCCCCCC)C(C)OC(C)=O. The Morgan fingerprint density at radius 1 is 1.17 bits per heavy atom. The number of ether oxygens (including phenoxy) is 1. The number of unbranched alkanes of at least 4 members (excludes halogenated alkanes) is 6. The highest BCUT2D eigenvalue weighted by Crippen LogP contribution is 2.16. The Morgan fingerprint density at radius 2 is 1.72 bits per heavy atom. The Balaban J connectivity index is 3.69. The number of hydrogen-bond donors (Lipinski definition) is 0. The first-order valence-electron chi connectivity index (χ1n) is 7.17. The van der Waals surface area contributed by atoms with Crippen LogP contribution in [-0.4, -0.2) is 12.1 Å². The molecule has 0 amide bonds. The van der Waals surface area contributed by atoms with Gasteiger partial charge in [-0.3, -0.25) is 4.79 Å². The zero-order chi connectivity index (χ0) is 13.8. The molecule has 0 aliphatic carbocycles. The zero-order valence-corrected chi connectivity index (χ0v) is 12.3. The molecular formula is C16H28O2. The normalized spacial score (nSPS) is 11.7. The van der Waals surface area contributed by atoms with Gasteiger partial charge in [-0.2, -0.15) is 0 Å². The van der Waals surface area contributed by atoms with Gasteiger partial charge in [0.25, 0.3) is 0 Å². The summed E-state index contributed by atoms with van der Waals surface area (Å²) in [6.45, 7) is 9.23. The fourth-order valence-electron chi connectivity index (χ4n) is 2.03. The molecule has 0 spiro atoms. The van der Waals surface area contributed by atoms with Gasteiger partial charge in [0.2, 0.25) is 0 Å². The van der Waals surface area contributed by atoms with Crippen molar-refractivity contribution in [1.82, 2.24) is 0 Å². The van der Waals surface area contributed by atoms with Gasteiger partial charge >= 0.3 is 5.97 Å². The highest BCUT2D eigenvalue weighted by Gasteiger charge is 2.10. The highest BCUT2D eigenvalue weighted by molar-refractivity contribution is 5.66. The molecule has 0 rings (SSSR count). The first-order valence-corrected chi connectivity index (χ1v) is 7.17. The van der Waals surface area contributed by atoms with E-state index in [0.717, 1.165) is 18.4 Å². The van der Waals surface area contributed by atoms with Crippen LogP contribution in [0.2, 0.25) is 0 Å². The second-order valence-electron chi connectivity index (χ2n) is 4.82. The van der Waals surface area contributed by atoms with Crippen LogP contribution in [0.3, 0.4) is 0 Å². The van der Waals surface area contributed by atoms with Crippen LogP contribution in [0.5, 0.6) is 0 Å². The van der Waals surface area contributed by atoms with Crippen LogP contribution in [0.25, 0.3) is 0 Å². The van der Waals surface area contributed by atoms with Crippen molar-refractivity contribution in [1.29, 1.82) is 0 Å². The Labute approximate surface area is 112 Å². The van der Waals surface area contributed by atoms with E-state index >= 15 is 0 Å². The average molecular weight is 252 g/mol. The minimum Gasteiger partial charge on any atom is -0.458 e. The predicted molar refractivity (Wildman–Crippen MR) is 76.5 cm³/mol. The van der Waals surface area contributed by atoms with E-state index in [0.29, 0.717) is 0 Å². The molecule has 1 atom stereocenters. The summed E-state index contributed by atoms with van der Waals surface area (Å²) in [5.74, 6) is -0.241. The lowest BCUT2D eigenvalue weighted by Gasteiger charge is -2.14. The van der Waals surface area contributed by atoms with Gasteiger partial charge in [0.1, 0.15) is 6.10 Å². The lowest BCUT2D eigenvalue weighted by molar-refractivity contribution is -0.143. The fourth-order valence-corrected chi connectivity index (χ4v) is 2.03. The topological polar surface area (TPSA) is 26.3 Å². The van der Waals surface area contributed by atoms with E-state index in [2.05, 4.69) is 19.2 Å². The number of carbonyl (C=O) groups excluding carboxylic acids is 1. The van der Waals surface area contributed by atoms with Gasteiger partial charge in [0, 0.05) is 12.5 Å². The summed E-state index contributed by atoms with van der Waals surface area (Å²) >= 11 is 0. The standard InChI is InChI=1S/C16H28O2/c1-5-7-8-9-10-11-12-13-16(6-2)14(3)18-15(4)17/h14H,2,5,7-13H2,1,3-4H3. The van der Waals surface area contributed by atoms with Crippen molar-refractivity contribution < 1.29 is 9.53 Å². The van der Waals surface area contributed by atoms with Crippen molar-refractivity contribution in [3.05, 3.63) is 17.9 Å². The average Bonchev–Trinajstić information content (AvgIpc) is 2.31. The molecule has 18 heavy (non-hydrogen) atoms. The predicted octanol–water partition coefficient (Wildman–Crippen LogP) is 4.79. The molecule has 0 aliphatic rings. The van der Waals surface area contributed by atoms with Gasteiger partial charge in [0.05, 0.1) is 0 Å². The van der Waals surface area contributed by atoms with Crippen molar-refractivity contribution in [3.8, 4) is 0 Å². The van der Waals surface area contributed by atoms with Gasteiger partial charge in [-0.05, 0) is 19.8 Å². The largest absolute Gasteiger partial charge is 0.458 e. The summed E-state index contributed by atoms with van der Waals surface area (Å²) in [6.07, 6.45) is 9.75. The number of hydrogen-bond acceptors (Lipinski definition) is 2. The van der Waals surface area contributed by atoms with Crippen LogP contribution in [0.1, 0.15) is 72.1 Å². The van der Waals surface area contributed by atoms with Gasteiger partial charge < -0.3 is 4.74 Å². The van der Waals surface area contributed by atoms with Gasteiger partial charge in [-0.25, -0.2) is 0 Å². The summed E-state index contributed by atoms with van der Waals surface area (Å²) in [5.41, 5.74) is 3.92. The Morgan fingerprint density at radius 3 is 2.22 bits per heavy atom. The molecule has 0 aromatic carbocycles. The molecule has 1 unspecified atom stereocenters. The van der Waals surface area contributed by atoms with Crippen molar-refractivity contribution in [2.75, 3.05) is 0 Å². The fraction of sp³-hybridized carbons (Fsp3) is 0.750. The Hall–Kier alpha value is -1.01. The van der Waals surface area contributed by atoms with Crippen LogP contribution in [0.15, 0.2) is 17.9 Å². The van der Waals surface area contributed by atoms with E-state index in [4.69, 9.17) is 4.74 Å². The van der Waals surface area contributed by atoms with Crippen LogP contribution in [-0.2, 0) is 9.53 Å². The Kier molecular flexibility index (Phi) is 10.5. The third kappa shape index (κ3) is 9.07. The summed E-state index contributed by atoms with van der Waals surface area (Å²) in [4.78, 5) is 10.9. The molecule has 0 N–H and O–H groups in total. The van der Waals surface area contributed by atoms with E-state index in [1.807, 2.05) is 6.92 Å². The van der Waals surface area contributed by atoms with Crippen LogP contribution >= 0.6 is 0 Å². The highest BCUT2D eigenvalue weighted by atomic mass is 16.5. The molecule has 0 fully saturated rings. The smallest absolute Gasteiger partial charge is 0.303 e. The molecule has 0 saturated carbocycles. The second kappa shape index (κ2) is 11.1. The second-order valence-corrected chi connectivity index (χ2v) is 4.82. The molecule has 0 saturated heterocycles. The molecule has 0 aromatic rings. The Bertz CT molecular complexity index is 275. The first kappa shape index (κ1) is 17.0. The molecular weight excluding hydrogens is 224 g/mol. The van der Waals surface area contributed by atoms with Gasteiger partial charge in [0.15, 0.2) is 0 Å². The lowest BCUT2D eigenvalue weighted by Crippen LogP contribution is -2.14. The molecule has 2 heteroatoms. The summed E-state index contributed by atoms with van der Waals surface area (Å²) < 4.78 is 5.13. The maximum absolute atomic E-state index is 10.9.